The first-order chi connectivity index (χ1) is 12.7. The molecule has 0 aliphatic carbocycles. The minimum absolute atomic E-state index is 0.118. The van der Waals surface area contributed by atoms with Gasteiger partial charge >= 0.3 is 19.5 Å². The Hall–Kier alpha value is -0.950. The van der Waals surface area contributed by atoms with Crippen LogP contribution in [0, 0.1) is 6.92 Å². The van der Waals surface area contributed by atoms with Gasteiger partial charge in [0.2, 0.25) is 0 Å². The van der Waals surface area contributed by atoms with Crippen LogP contribution in [0.25, 0.3) is 0 Å². The Bertz CT molecular complexity index is 912. The third-order valence-corrected chi connectivity index (χ3v) is 4.90. The standard InChI is InChI=1S/C12H14Cl3N2O10P/c1-4-2-17(11(22)16-8(4)20)9-7(19)6(18)5(26-9)3-25-28(23,24)27-10(21)12(13,14)15/h2,5-7,9,18-19H,3H2,1H3,(H,23,24)(H,16,20,22)/p-1/t5-,6-,7-,9-/m1/s1. The van der Waals surface area contributed by atoms with E-state index in [0.29, 0.717) is 0 Å². The lowest BCUT2D eigenvalue weighted by Crippen LogP contribution is -2.38. The van der Waals surface area contributed by atoms with Gasteiger partial charge in [0.05, 0.1) is 6.61 Å². The summed E-state index contributed by atoms with van der Waals surface area (Å²) in [5.74, 6) is -1.74. The molecule has 158 valence electrons. The average molecular weight is 483 g/mol. The van der Waals surface area contributed by atoms with Crippen LogP contribution < -0.4 is 16.1 Å². The molecule has 0 amide bonds. The lowest BCUT2D eigenvalue weighted by molar-refractivity contribution is -0.227. The summed E-state index contributed by atoms with van der Waals surface area (Å²) in [4.78, 5) is 48.2. The predicted octanol–water partition coefficient (Wildman–Crippen LogP) is -1.14. The molecule has 0 saturated carbocycles. The summed E-state index contributed by atoms with van der Waals surface area (Å²) in [5.41, 5.74) is -1.47. The van der Waals surface area contributed by atoms with Gasteiger partial charge in [0, 0.05) is 11.8 Å². The summed E-state index contributed by atoms with van der Waals surface area (Å²) in [6, 6.07) is 0. The van der Waals surface area contributed by atoms with Crippen molar-refractivity contribution < 1.29 is 38.3 Å². The second-order valence-electron chi connectivity index (χ2n) is 5.64. The molecule has 16 heteroatoms. The van der Waals surface area contributed by atoms with E-state index in [1.54, 1.807) is 0 Å². The molecule has 2 rings (SSSR count). The number of carbonyl (C=O) groups excluding carboxylic acids is 1. The first kappa shape index (κ1) is 23.3. The van der Waals surface area contributed by atoms with Gasteiger partial charge in [-0.2, -0.15) is 0 Å². The summed E-state index contributed by atoms with van der Waals surface area (Å²) in [6.45, 7) is 0.486. The van der Waals surface area contributed by atoms with Crippen LogP contribution in [-0.2, 0) is 23.1 Å². The Labute approximate surface area is 171 Å². The molecule has 1 fully saturated rings. The molecule has 1 saturated heterocycles. The number of aliphatic hydroxyl groups is 2. The molecular formula is C12H13Cl3N2O10P-. The van der Waals surface area contributed by atoms with Crippen LogP contribution in [0.4, 0.5) is 0 Å². The zero-order chi connectivity index (χ0) is 21.4. The van der Waals surface area contributed by atoms with Gasteiger partial charge < -0.3 is 28.9 Å². The van der Waals surface area contributed by atoms with Crippen LogP contribution in [0.1, 0.15) is 11.8 Å². The van der Waals surface area contributed by atoms with Crippen LogP contribution in [-0.4, -0.2) is 54.4 Å². The van der Waals surface area contributed by atoms with Gasteiger partial charge in [0.15, 0.2) is 6.23 Å². The van der Waals surface area contributed by atoms with Crippen molar-refractivity contribution in [3.63, 3.8) is 0 Å². The maximum absolute atomic E-state index is 11.9. The predicted molar refractivity (Wildman–Crippen MR) is 91.9 cm³/mol. The number of alkyl halides is 3. The smallest absolute Gasteiger partial charge is 0.364 e. The fourth-order valence-electron chi connectivity index (χ4n) is 2.22. The van der Waals surface area contributed by atoms with Crippen LogP contribution in [0.3, 0.4) is 0 Å². The van der Waals surface area contributed by atoms with Crippen LogP contribution in [0.15, 0.2) is 15.8 Å². The molecule has 1 aromatic rings. The SMILES string of the molecule is Cc1cn([C@@H]2O[C@H](COP(=O)([O-])OC(=O)C(Cl)(Cl)Cl)[C@@H](O)[C@H]2O)c(=O)[nH]c1=O. The van der Waals surface area contributed by atoms with Crippen molar-refractivity contribution in [3.8, 4) is 0 Å². The highest BCUT2D eigenvalue weighted by atomic mass is 35.6. The number of aromatic amines is 1. The molecule has 0 radical (unpaired) electrons. The molecule has 1 aliphatic heterocycles. The van der Waals surface area contributed by atoms with Gasteiger partial charge in [-0.15, -0.1) is 0 Å². The molecule has 28 heavy (non-hydrogen) atoms. The molecule has 0 spiro atoms. The van der Waals surface area contributed by atoms with Crippen molar-refractivity contribution in [2.45, 2.75) is 35.3 Å². The highest BCUT2D eigenvalue weighted by Gasteiger charge is 2.45. The summed E-state index contributed by atoms with van der Waals surface area (Å²) >= 11 is 15.5. The molecule has 0 bridgehead atoms. The largest absolute Gasteiger partial charge is 0.746 e. The maximum Gasteiger partial charge on any atom is 0.364 e. The summed E-state index contributed by atoms with van der Waals surface area (Å²) < 4.78 is 23.3. The summed E-state index contributed by atoms with van der Waals surface area (Å²) in [7, 11) is -5.30. The van der Waals surface area contributed by atoms with Gasteiger partial charge in [-0.3, -0.25) is 18.9 Å². The van der Waals surface area contributed by atoms with Gasteiger partial charge in [-0.1, -0.05) is 34.8 Å². The number of halogens is 3. The minimum Gasteiger partial charge on any atom is -0.746 e. The summed E-state index contributed by atoms with van der Waals surface area (Å²) in [5, 5.41) is 20.1. The number of rotatable bonds is 5. The molecule has 5 atom stereocenters. The number of hydrogen-bond acceptors (Lipinski definition) is 10. The third-order valence-electron chi connectivity index (χ3n) is 3.58. The number of phosphoric ester groups is 1. The first-order valence-electron chi connectivity index (χ1n) is 7.33. The molecule has 1 aromatic heterocycles. The Morgan fingerprint density at radius 2 is 2.00 bits per heavy atom. The zero-order valence-electron chi connectivity index (χ0n) is 13.8. The second-order valence-corrected chi connectivity index (χ2v) is 9.26. The number of aryl methyl sites for hydroxylation is 1. The van der Waals surface area contributed by atoms with Crippen molar-refractivity contribution in [2.24, 2.45) is 0 Å². The molecule has 1 unspecified atom stereocenters. The number of carbonyl (C=O) groups is 1. The van der Waals surface area contributed by atoms with Crippen LogP contribution in [0.2, 0.25) is 0 Å². The third kappa shape index (κ3) is 5.35. The molecular weight excluding hydrogens is 469 g/mol. The number of aliphatic hydroxyl groups excluding tert-OH is 2. The number of hydrogen-bond donors (Lipinski definition) is 3. The van der Waals surface area contributed by atoms with Crippen LogP contribution in [0.5, 0.6) is 0 Å². The van der Waals surface area contributed by atoms with E-state index in [2.05, 4.69) is 9.05 Å². The monoisotopic (exact) mass is 481 g/mol. The van der Waals surface area contributed by atoms with E-state index in [0.717, 1.165) is 10.8 Å². The average Bonchev–Trinajstić information content (AvgIpc) is 2.83. The molecule has 2 heterocycles. The fourth-order valence-corrected chi connectivity index (χ4v) is 3.22. The zero-order valence-corrected chi connectivity index (χ0v) is 16.9. The minimum atomic E-state index is -5.30. The maximum atomic E-state index is 11.9. The van der Waals surface area contributed by atoms with E-state index in [9.17, 15) is 34.1 Å². The van der Waals surface area contributed by atoms with Crippen molar-refractivity contribution in [1.82, 2.24) is 9.55 Å². The number of H-pyrrole nitrogens is 1. The van der Waals surface area contributed by atoms with Crippen molar-refractivity contribution in [1.29, 1.82) is 0 Å². The number of nitrogens with zero attached hydrogens (tertiary/aromatic N) is 1. The fraction of sp³-hybridized carbons (Fsp3) is 0.583. The summed E-state index contributed by atoms with van der Waals surface area (Å²) in [6.07, 6.45) is -5.18. The molecule has 3 N–H and O–H groups in total. The van der Waals surface area contributed by atoms with E-state index in [1.807, 2.05) is 4.98 Å². The van der Waals surface area contributed by atoms with Crippen molar-refractivity contribution in [3.05, 3.63) is 32.6 Å². The van der Waals surface area contributed by atoms with Gasteiger partial charge in [-0.25, -0.2) is 9.59 Å². The topological polar surface area (TPSA) is 180 Å². The van der Waals surface area contributed by atoms with E-state index in [-0.39, 0.29) is 5.56 Å². The van der Waals surface area contributed by atoms with Crippen LogP contribution >= 0.6 is 42.6 Å². The highest BCUT2D eigenvalue weighted by molar-refractivity contribution is 7.46. The van der Waals surface area contributed by atoms with Crippen molar-refractivity contribution in [2.75, 3.05) is 6.61 Å². The van der Waals surface area contributed by atoms with Gasteiger partial charge in [-0.05, 0) is 6.92 Å². The Morgan fingerprint density at radius 3 is 2.57 bits per heavy atom. The number of nitrogens with one attached hydrogen (secondary N) is 1. The molecule has 0 aromatic carbocycles. The highest BCUT2D eigenvalue weighted by Crippen LogP contribution is 2.43. The number of ether oxygens (including phenoxy) is 1. The molecule has 1 aliphatic rings. The van der Waals surface area contributed by atoms with Gasteiger partial charge in [0.25, 0.3) is 9.35 Å². The Morgan fingerprint density at radius 1 is 1.39 bits per heavy atom. The van der Waals surface area contributed by atoms with E-state index >= 15 is 0 Å². The lowest BCUT2D eigenvalue weighted by Gasteiger charge is -2.25. The quantitative estimate of drug-likeness (QED) is 0.343. The second kappa shape index (κ2) is 8.42. The van der Waals surface area contributed by atoms with E-state index in [1.165, 1.54) is 6.92 Å². The van der Waals surface area contributed by atoms with E-state index in [4.69, 9.17) is 39.5 Å². The normalized spacial score (nSPS) is 27.4. The van der Waals surface area contributed by atoms with E-state index < -0.39 is 60.0 Å². The number of phosphoric acid groups is 1. The van der Waals surface area contributed by atoms with Gasteiger partial charge in [0.1, 0.15) is 18.3 Å². The first-order valence-corrected chi connectivity index (χ1v) is 9.92. The van der Waals surface area contributed by atoms with Crippen molar-refractivity contribution >= 4 is 48.6 Å². The molecule has 12 nitrogen and oxygen atoms in total. The Balaban J connectivity index is 2.10. The lowest BCUT2D eigenvalue weighted by atomic mass is 10.1. The Kier molecular flexibility index (Phi) is 7.02. The number of aromatic nitrogens is 2.